The second kappa shape index (κ2) is 6.75. The molecule has 66 valence electrons. The van der Waals surface area contributed by atoms with Gasteiger partial charge >= 0.3 is 5.97 Å². The minimum Gasteiger partial charge on any atom is -0.480 e. The van der Waals surface area contributed by atoms with Crippen molar-refractivity contribution < 1.29 is 13.8 Å². The second-order valence-corrected chi connectivity index (χ2v) is 3.85. The smallest absolute Gasteiger partial charge is 0.320 e. The third-order valence-corrected chi connectivity index (χ3v) is 2.57. The van der Waals surface area contributed by atoms with Gasteiger partial charge in [-0.2, -0.15) is 3.89 Å². The van der Waals surface area contributed by atoms with Crippen LogP contribution in [-0.2, 0) is 4.79 Å². The molecular weight excluding hydrogens is 189 g/mol. The number of rotatable bonds is 6. The SMILES string of the molecule is NC(CCSCSF)C(=O)O. The maximum Gasteiger partial charge on any atom is 0.320 e. The minimum atomic E-state index is -1.00. The van der Waals surface area contributed by atoms with Gasteiger partial charge in [-0.15, -0.1) is 11.8 Å². The number of nitrogens with two attached hydrogens (primary N) is 1. The molecule has 0 aromatic carbocycles. The quantitative estimate of drug-likeness (QED) is 0.495. The molecule has 0 spiro atoms. The van der Waals surface area contributed by atoms with E-state index in [1.165, 1.54) is 11.8 Å². The van der Waals surface area contributed by atoms with Gasteiger partial charge in [0.05, 0.1) is 17.2 Å². The Bertz CT molecular complexity index is 125. The number of halogens is 1. The van der Waals surface area contributed by atoms with Crippen LogP contribution in [0.4, 0.5) is 3.89 Å². The summed E-state index contributed by atoms with van der Waals surface area (Å²) in [6.45, 7) is 0. The Labute approximate surface area is 73.2 Å². The lowest BCUT2D eigenvalue weighted by Gasteiger charge is -2.03. The number of carboxylic acids is 1. The van der Waals surface area contributed by atoms with E-state index in [0.29, 0.717) is 17.3 Å². The van der Waals surface area contributed by atoms with Crippen LogP contribution in [0.2, 0.25) is 0 Å². The van der Waals surface area contributed by atoms with Gasteiger partial charge in [-0.05, 0) is 12.2 Å². The van der Waals surface area contributed by atoms with Crippen LogP contribution in [0.25, 0.3) is 0 Å². The van der Waals surface area contributed by atoms with E-state index in [-0.39, 0.29) is 12.1 Å². The molecule has 0 bridgehead atoms. The van der Waals surface area contributed by atoms with E-state index in [2.05, 4.69) is 0 Å². The molecule has 0 radical (unpaired) electrons. The fourth-order valence-corrected chi connectivity index (χ4v) is 1.57. The van der Waals surface area contributed by atoms with E-state index in [4.69, 9.17) is 10.8 Å². The Balaban J connectivity index is 3.17. The highest BCUT2D eigenvalue weighted by molar-refractivity contribution is 8.13. The van der Waals surface area contributed by atoms with Crippen LogP contribution < -0.4 is 5.73 Å². The van der Waals surface area contributed by atoms with Gasteiger partial charge in [-0.1, -0.05) is 0 Å². The van der Waals surface area contributed by atoms with Crippen molar-refractivity contribution in [3.8, 4) is 0 Å². The molecule has 3 N–H and O–H groups in total. The lowest BCUT2D eigenvalue weighted by molar-refractivity contribution is -0.138. The molecule has 0 amide bonds. The van der Waals surface area contributed by atoms with Gasteiger partial charge < -0.3 is 10.8 Å². The molecule has 0 aliphatic carbocycles. The summed E-state index contributed by atoms with van der Waals surface area (Å²) in [4.78, 5) is 10.1. The summed E-state index contributed by atoms with van der Waals surface area (Å²) in [5.41, 5.74) is 5.19. The third kappa shape index (κ3) is 6.46. The molecule has 0 aromatic heterocycles. The van der Waals surface area contributed by atoms with E-state index in [1.807, 2.05) is 0 Å². The fraction of sp³-hybridized carbons (Fsp3) is 0.800. The minimum absolute atomic E-state index is 0.236. The Kier molecular flexibility index (Phi) is 6.79. The maximum atomic E-state index is 11.4. The molecule has 3 nitrogen and oxygen atoms in total. The summed E-state index contributed by atoms with van der Waals surface area (Å²) in [6.07, 6.45) is 0.389. The Hall–Kier alpha value is 0.0600. The van der Waals surface area contributed by atoms with Crippen molar-refractivity contribution in [3.05, 3.63) is 0 Å². The van der Waals surface area contributed by atoms with E-state index < -0.39 is 12.0 Å². The lowest BCUT2D eigenvalue weighted by Crippen LogP contribution is -2.30. The van der Waals surface area contributed by atoms with Crippen LogP contribution >= 0.6 is 23.9 Å². The topological polar surface area (TPSA) is 63.3 Å². The first-order valence-corrected chi connectivity index (χ1v) is 5.02. The Morgan fingerprint density at radius 1 is 1.73 bits per heavy atom. The maximum absolute atomic E-state index is 11.4. The van der Waals surface area contributed by atoms with Crippen molar-refractivity contribution in [3.63, 3.8) is 0 Å². The number of aliphatic carboxylic acids is 1. The van der Waals surface area contributed by atoms with Crippen LogP contribution in [0.1, 0.15) is 6.42 Å². The summed E-state index contributed by atoms with van der Waals surface area (Å²) in [5.74, 6) is -0.414. The molecule has 0 saturated carbocycles. The highest BCUT2D eigenvalue weighted by Gasteiger charge is 2.09. The van der Waals surface area contributed by atoms with E-state index in [1.54, 1.807) is 0 Å². The van der Waals surface area contributed by atoms with Crippen LogP contribution in [0.5, 0.6) is 0 Å². The summed E-state index contributed by atoms with van der Waals surface area (Å²) < 4.78 is 11.4. The zero-order valence-electron chi connectivity index (χ0n) is 5.83. The third-order valence-electron chi connectivity index (χ3n) is 1.02. The second-order valence-electron chi connectivity index (χ2n) is 1.87. The first-order chi connectivity index (χ1) is 5.18. The van der Waals surface area contributed by atoms with E-state index in [9.17, 15) is 8.68 Å². The normalized spacial score (nSPS) is 12.9. The molecule has 0 aliphatic heterocycles. The molecule has 1 unspecified atom stereocenters. The summed E-state index contributed by atoms with van der Waals surface area (Å²) in [5, 5.41) is 8.66. The molecule has 0 saturated heterocycles. The number of hydrogen-bond acceptors (Lipinski definition) is 4. The molecule has 0 fully saturated rings. The van der Waals surface area contributed by atoms with Crippen molar-refractivity contribution in [1.82, 2.24) is 0 Å². The predicted molar refractivity (Wildman–Crippen MR) is 46.3 cm³/mol. The molecule has 11 heavy (non-hydrogen) atoms. The van der Waals surface area contributed by atoms with Gasteiger partial charge in [0.1, 0.15) is 6.04 Å². The van der Waals surface area contributed by atoms with Crippen molar-refractivity contribution >= 4 is 29.9 Å². The highest BCUT2D eigenvalue weighted by Crippen LogP contribution is 2.13. The van der Waals surface area contributed by atoms with E-state index in [0.717, 1.165) is 0 Å². The van der Waals surface area contributed by atoms with Crippen molar-refractivity contribution in [1.29, 1.82) is 0 Å². The predicted octanol–water partition coefficient (Wildman–Crippen LogP) is 1.10. The summed E-state index contributed by atoms with van der Waals surface area (Å²) in [7, 11) is 0. The van der Waals surface area contributed by atoms with Gasteiger partial charge in [-0.25, -0.2) is 0 Å². The van der Waals surface area contributed by atoms with Crippen molar-refractivity contribution in [2.45, 2.75) is 12.5 Å². The molecule has 0 aliphatic rings. The molecule has 1 atom stereocenters. The lowest BCUT2D eigenvalue weighted by atomic mass is 10.2. The first kappa shape index (κ1) is 11.1. The van der Waals surface area contributed by atoms with Crippen LogP contribution in [0.3, 0.4) is 0 Å². The monoisotopic (exact) mass is 199 g/mol. The number of thioether (sulfide) groups is 1. The largest absolute Gasteiger partial charge is 0.480 e. The summed E-state index contributed by atoms with van der Waals surface area (Å²) in [6, 6.07) is -0.813. The molecule has 6 heteroatoms. The number of carbonyl (C=O) groups is 1. The Morgan fingerprint density at radius 3 is 2.82 bits per heavy atom. The van der Waals surface area contributed by atoms with E-state index >= 15 is 0 Å². The first-order valence-electron chi connectivity index (χ1n) is 2.98. The number of carboxylic acid groups (broad SMARTS) is 1. The summed E-state index contributed by atoms with van der Waals surface area (Å²) >= 11 is 1.58. The zero-order chi connectivity index (χ0) is 8.69. The average molecular weight is 199 g/mol. The highest BCUT2D eigenvalue weighted by atomic mass is 32.2. The van der Waals surface area contributed by atoms with Crippen LogP contribution in [-0.4, -0.2) is 28.0 Å². The molecule has 0 aromatic rings. The molecular formula is C5H10FNO2S2. The number of hydrogen-bond donors (Lipinski definition) is 2. The zero-order valence-corrected chi connectivity index (χ0v) is 7.46. The molecule has 0 rings (SSSR count). The van der Waals surface area contributed by atoms with Gasteiger partial charge in [0.15, 0.2) is 0 Å². The Morgan fingerprint density at radius 2 is 2.36 bits per heavy atom. The fourth-order valence-electron chi connectivity index (χ4n) is 0.424. The van der Waals surface area contributed by atoms with Crippen LogP contribution in [0.15, 0.2) is 0 Å². The van der Waals surface area contributed by atoms with Gasteiger partial charge in [-0.3, -0.25) is 4.79 Å². The van der Waals surface area contributed by atoms with Crippen molar-refractivity contribution in [2.75, 3.05) is 10.8 Å². The van der Waals surface area contributed by atoms with Gasteiger partial charge in [0.2, 0.25) is 0 Å². The van der Waals surface area contributed by atoms with Crippen LogP contribution in [0, 0.1) is 0 Å². The average Bonchev–Trinajstić information content (AvgIpc) is 1.97. The van der Waals surface area contributed by atoms with Gasteiger partial charge in [0, 0.05) is 0 Å². The molecule has 0 heterocycles. The van der Waals surface area contributed by atoms with Crippen molar-refractivity contribution in [2.24, 2.45) is 5.73 Å². The standard InChI is InChI=1S/C5H10FNO2S2/c6-11-3-10-2-1-4(7)5(8)9/h4H,1-3,7H2,(H,8,9). The van der Waals surface area contributed by atoms with Gasteiger partial charge in [0.25, 0.3) is 0 Å².